The number of pyridine rings is 2. The number of rotatable bonds is 6. The molecule has 1 N–H and O–H groups in total. The maximum absolute atomic E-state index is 12.5. The molecule has 4 aromatic rings. The molecule has 146 valence electrons. The van der Waals surface area contributed by atoms with Crippen LogP contribution in [0.25, 0.3) is 22.6 Å². The summed E-state index contributed by atoms with van der Waals surface area (Å²) >= 11 is 0. The van der Waals surface area contributed by atoms with E-state index in [4.69, 9.17) is 4.98 Å². The van der Waals surface area contributed by atoms with Gasteiger partial charge >= 0.3 is 0 Å². The van der Waals surface area contributed by atoms with Gasteiger partial charge in [-0.2, -0.15) is 0 Å². The first-order chi connectivity index (χ1) is 14.1. The lowest BCUT2D eigenvalue weighted by Crippen LogP contribution is -2.27. The predicted octanol–water partition coefficient (Wildman–Crippen LogP) is 2.99. The van der Waals surface area contributed by atoms with Crippen LogP contribution >= 0.6 is 0 Å². The molecule has 0 unspecified atom stereocenters. The van der Waals surface area contributed by atoms with Gasteiger partial charge in [0, 0.05) is 62.6 Å². The molecule has 3 aromatic heterocycles. The number of nitrogens with zero attached hydrogens (tertiary/aromatic N) is 5. The second-order valence-electron chi connectivity index (χ2n) is 6.87. The van der Waals surface area contributed by atoms with Crippen molar-refractivity contribution >= 4 is 22.8 Å². The number of carbonyl (C=O) groups excluding carboxylic acids is 1. The summed E-state index contributed by atoms with van der Waals surface area (Å²) in [6.45, 7) is 1.03. The monoisotopic (exact) mass is 386 g/mol. The molecule has 7 nitrogen and oxygen atoms in total. The Morgan fingerprint density at radius 1 is 1.03 bits per heavy atom. The number of imidazole rings is 1. The van der Waals surface area contributed by atoms with E-state index in [-0.39, 0.29) is 5.91 Å². The van der Waals surface area contributed by atoms with E-state index in [2.05, 4.69) is 15.3 Å². The second-order valence-corrected chi connectivity index (χ2v) is 6.87. The smallest absolute Gasteiger partial charge is 0.251 e. The van der Waals surface area contributed by atoms with Gasteiger partial charge in [-0.25, -0.2) is 9.97 Å². The van der Waals surface area contributed by atoms with Crippen molar-refractivity contribution < 1.29 is 4.79 Å². The highest BCUT2D eigenvalue weighted by Gasteiger charge is 2.14. The lowest BCUT2D eigenvalue weighted by atomic mass is 10.2. The first-order valence-electron chi connectivity index (χ1n) is 9.41. The lowest BCUT2D eigenvalue weighted by Gasteiger charge is -2.13. The second kappa shape index (κ2) is 8.10. The summed E-state index contributed by atoms with van der Waals surface area (Å²) in [5.41, 5.74) is 4.27. The Morgan fingerprint density at radius 3 is 2.52 bits per heavy atom. The quantitative estimate of drug-likeness (QED) is 0.551. The van der Waals surface area contributed by atoms with E-state index < -0.39 is 0 Å². The molecular formula is C22H22N6O. The fraction of sp³-hybridized carbons (Fsp3) is 0.182. The number of anilines is 1. The molecule has 0 saturated heterocycles. The molecule has 7 heteroatoms. The van der Waals surface area contributed by atoms with Crippen molar-refractivity contribution in [2.24, 2.45) is 0 Å². The Balaban J connectivity index is 1.51. The van der Waals surface area contributed by atoms with E-state index in [1.165, 1.54) is 0 Å². The van der Waals surface area contributed by atoms with Gasteiger partial charge in [-0.15, -0.1) is 0 Å². The molecule has 0 spiro atoms. The number of nitrogens with one attached hydrogen (secondary N) is 1. The van der Waals surface area contributed by atoms with Crippen molar-refractivity contribution in [1.82, 2.24) is 24.8 Å². The Morgan fingerprint density at radius 2 is 1.79 bits per heavy atom. The average molecular weight is 386 g/mol. The van der Waals surface area contributed by atoms with E-state index in [0.29, 0.717) is 18.7 Å². The largest absolute Gasteiger partial charge is 0.378 e. The minimum atomic E-state index is -0.0989. The molecule has 0 radical (unpaired) electrons. The fourth-order valence-electron chi connectivity index (χ4n) is 3.19. The first-order valence-corrected chi connectivity index (χ1v) is 9.41. The third-order valence-corrected chi connectivity index (χ3v) is 4.71. The molecule has 0 fully saturated rings. The number of hydrogen-bond donors (Lipinski definition) is 1. The van der Waals surface area contributed by atoms with E-state index >= 15 is 0 Å². The van der Waals surface area contributed by atoms with Crippen LogP contribution in [0.5, 0.6) is 0 Å². The molecule has 1 amide bonds. The van der Waals surface area contributed by atoms with Crippen LogP contribution in [0.15, 0.2) is 67.1 Å². The molecule has 0 saturated carbocycles. The normalized spacial score (nSPS) is 10.8. The zero-order chi connectivity index (χ0) is 20.2. The highest BCUT2D eigenvalue weighted by molar-refractivity contribution is 5.94. The van der Waals surface area contributed by atoms with Crippen molar-refractivity contribution in [3.05, 3.63) is 72.7 Å². The van der Waals surface area contributed by atoms with Gasteiger partial charge in [-0.05, 0) is 48.5 Å². The molecular weight excluding hydrogens is 364 g/mol. The zero-order valence-corrected chi connectivity index (χ0v) is 16.4. The minimum absolute atomic E-state index is 0.0989. The van der Waals surface area contributed by atoms with Gasteiger partial charge < -0.3 is 14.8 Å². The molecule has 0 aliphatic heterocycles. The summed E-state index contributed by atoms with van der Waals surface area (Å²) in [5.74, 6) is 0.712. The zero-order valence-electron chi connectivity index (χ0n) is 16.4. The summed E-state index contributed by atoms with van der Waals surface area (Å²) in [7, 11) is 3.94. The maximum atomic E-state index is 12.5. The van der Waals surface area contributed by atoms with Crippen LogP contribution < -0.4 is 10.2 Å². The SMILES string of the molecule is CN(C)c1ccc(C(=O)NCCn2c(-c3ccncc3)nc3cccnc32)cc1. The van der Waals surface area contributed by atoms with Gasteiger partial charge in [0.05, 0.1) is 0 Å². The Bertz CT molecular complexity index is 1120. The number of benzene rings is 1. The Kier molecular flexibility index (Phi) is 5.20. The number of amides is 1. The van der Waals surface area contributed by atoms with Crippen LogP contribution in [0.2, 0.25) is 0 Å². The Labute approximate surface area is 169 Å². The van der Waals surface area contributed by atoms with Gasteiger partial charge in [-0.3, -0.25) is 9.78 Å². The van der Waals surface area contributed by atoms with Crippen molar-refractivity contribution in [2.75, 3.05) is 25.5 Å². The topological polar surface area (TPSA) is 75.9 Å². The van der Waals surface area contributed by atoms with E-state index in [1.54, 1.807) is 18.6 Å². The van der Waals surface area contributed by atoms with Crippen LogP contribution in [0.3, 0.4) is 0 Å². The molecule has 1 aromatic carbocycles. The maximum Gasteiger partial charge on any atom is 0.251 e. The summed E-state index contributed by atoms with van der Waals surface area (Å²) in [6.07, 6.45) is 5.24. The molecule has 0 bridgehead atoms. The molecule has 3 heterocycles. The summed E-state index contributed by atoms with van der Waals surface area (Å²) in [4.78, 5) is 27.8. The minimum Gasteiger partial charge on any atom is -0.378 e. The van der Waals surface area contributed by atoms with Crippen molar-refractivity contribution in [1.29, 1.82) is 0 Å². The molecule has 0 aliphatic rings. The van der Waals surface area contributed by atoms with Gasteiger partial charge in [0.15, 0.2) is 5.65 Å². The summed E-state index contributed by atoms with van der Waals surface area (Å²) in [6, 6.07) is 15.2. The summed E-state index contributed by atoms with van der Waals surface area (Å²) in [5, 5.41) is 2.99. The van der Waals surface area contributed by atoms with Crippen molar-refractivity contribution in [2.45, 2.75) is 6.54 Å². The van der Waals surface area contributed by atoms with Crippen LogP contribution in [-0.4, -0.2) is 46.1 Å². The third kappa shape index (κ3) is 3.94. The average Bonchev–Trinajstić information content (AvgIpc) is 3.13. The van der Waals surface area contributed by atoms with Crippen LogP contribution in [-0.2, 0) is 6.54 Å². The van der Waals surface area contributed by atoms with Crippen LogP contribution in [0.4, 0.5) is 5.69 Å². The number of aromatic nitrogens is 4. The summed E-state index contributed by atoms with van der Waals surface area (Å²) < 4.78 is 2.03. The Hall–Kier alpha value is -3.74. The molecule has 0 atom stereocenters. The van der Waals surface area contributed by atoms with Crippen molar-refractivity contribution in [3.63, 3.8) is 0 Å². The standard InChI is InChI=1S/C22H22N6O/c1-27(2)18-7-5-17(6-8-18)22(29)25-14-15-28-20(16-9-12-23-13-10-16)26-19-4-3-11-24-21(19)28/h3-13H,14-15H2,1-2H3,(H,25,29). The van der Waals surface area contributed by atoms with Gasteiger partial charge in [-0.1, -0.05) is 0 Å². The van der Waals surface area contributed by atoms with Gasteiger partial charge in [0.25, 0.3) is 5.91 Å². The first kappa shape index (κ1) is 18.6. The molecule has 4 rings (SSSR count). The number of carbonyl (C=O) groups is 1. The van der Waals surface area contributed by atoms with Gasteiger partial charge in [0.1, 0.15) is 11.3 Å². The predicted molar refractivity (Wildman–Crippen MR) is 114 cm³/mol. The number of hydrogen-bond acceptors (Lipinski definition) is 5. The fourth-order valence-corrected chi connectivity index (χ4v) is 3.19. The van der Waals surface area contributed by atoms with E-state index in [0.717, 1.165) is 28.2 Å². The van der Waals surface area contributed by atoms with Gasteiger partial charge in [0.2, 0.25) is 0 Å². The van der Waals surface area contributed by atoms with Crippen LogP contribution in [0, 0.1) is 0 Å². The number of fused-ring (bicyclic) bond motifs is 1. The van der Waals surface area contributed by atoms with E-state index in [1.807, 2.05) is 72.1 Å². The third-order valence-electron chi connectivity index (χ3n) is 4.71. The van der Waals surface area contributed by atoms with Crippen LogP contribution in [0.1, 0.15) is 10.4 Å². The van der Waals surface area contributed by atoms with E-state index in [9.17, 15) is 4.79 Å². The molecule has 29 heavy (non-hydrogen) atoms. The molecule has 0 aliphatic carbocycles. The highest BCUT2D eigenvalue weighted by atomic mass is 16.1. The highest BCUT2D eigenvalue weighted by Crippen LogP contribution is 2.22. The lowest BCUT2D eigenvalue weighted by molar-refractivity contribution is 0.0952. The van der Waals surface area contributed by atoms with Crippen molar-refractivity contribution in [3.8, 4) is 11.4 Å².